The highest BCUT2D eigenvalue weighted by Crippen LogP contribution is 2.33. The SMILES string of the molecule is Cc1coc2cc(-c3ccc4nccc(C(=O)CCC(=O)N5CC(F)(F)C[C@H]5C#N)c4c3)ccc12. The first-order valence-electron chi connectivity index (χ1n) is 11.2. The van der Waals surface area contributed by atoms with Crippen LogP contribution in [0.5, 0.6) is 0 Å². The lowest BCUT2D eigenvalue weighted by molar-refractivity contribution is -0.132. The van der Waals surface area contributed by atoms with Crippen molar-refractivity contribution in [3.63, 3.8) is 0 Å². The molecule has 3 heterocycles. The summed E-state index contributed by atoms with van der Waals surface area (Å²) in [6, 6.07) is 13.7. The topological polar surface area (TPSA) is 87.2 Å². The normalized spacial score (nSPS) is 17.1. The molecule has 0 N–H and O–H groups in total. The Morgan fingerprint density at radius 1 is 1.14 bits per heavy atom. The number of pyridine rings is 1. The fraction of sp³-hybridized carbons (Fsp3) is 0.259. The zero-order chi connectivity index (χ0) is 24.7. The average Bonchev–Trinajstić information content (AvgIpc) is 3.39. The molecule has 0 unspecified atom stereocenters. The molecule has 2 aromatic carbocycles. The minimum atomic E-state index is -3.09. The maximum atomic E-state index is 13.7. The molecule has 0 bridgehead atoms. The molecule has 1 saturated heterocycles. The summed E-state index contributed by atoms with van der Waals surface area (Å²) in [7, 11) is 0. The van der Waals surface area contributed by atoms with Gasteiger partial charge in [0.05, 0.1) is 24.4 Å². The number of furan rings is 1. The van der Waals surface area contributed by atoms with Gasteiger partial charge < -0.3 is 9.32 Å². The van der Waals surface area contributed by atoms with E-state index in [0.717, 1.165) is 32.6 Å². The van der Waals surface area contributed by atoms with Gasteiger partial charge in [0.2, 0.25) is 5.91 Å². The molecule has 1 atom stereocenters. The molecule has 1 fully saturated rings. The van der Waals surface area contributed by atoms with E-state index in [-0.39, 0.29) is 18.6 Å². The summed E-state index contributed by atoms with van der Waals surface area (Å²) in [6.07, 6.45) is 2.16. The number of Topliss-reactive ketones (excluding diaryl/α,β-unsaturated/α-hetero) is 1. The zero-order valence-corrected chi connectivity index (χ0v) is 18.9. The van der Waals surface area contributed by atoms with Gasteiger partial charge in [-0.25, -0.2) is 8.78 Å². The Labute approximate surface area is 199 Å². The Morgan fingerprint density at radius 2 is 1.91 bits per heavy atom. The van der Waals surface area contributed by atoms with Gasteiger partial charge in [-0.3, -0.25) is 14.6 Å². The highest BCUT2D eigenvalue weighted by molar-refractivity contribution is 6.08. The Balaban J connectivity index is 1.39. The Hall–Kier alpha value is -4.12. The number of alkyl halides is 2. The quantitative estimate of drug-likeness (QED) is 0.348. The van der Waals surface area contributed by atoms with Crippen LogP contribution in [0.25, 0.3) is 33.0 Å². The van der Waals surface area contributed by atoms with Gasteiger partial charge in [0.1, 0.15) is 11.6 Å². The minimum absolute atomic E-state index is 0.153. The third-order valence-electron chi connectivity index (χ3n) is 6.45. The van der Waals surface area contributed by atoms with Crippen molar-refractivity contribution in [2.75, 3.05) is 6.54 Å². The Kier molecular flexibility index (Phi) is 5.56. The Morgan fingerprint density at radius 3 is 2.71 bits per heavy atom. The van der Waals surface area contributed by atoms with Crippen LogP contribution >= 0.6 is 0 Å². The van der Waals surface area contributed by atoms with Crippen molar-refractivity contribution in [3.8, 4) is 17.2 Å². The fourth-order valence-corrected chi connectivity index (χ4v) is 4.60. The molecule has 1 amide bonds. The number of halogens is 2. The summed E-state index contributed by atoms with van der Waals surface area (Å²) < 4.78 is 33.0. The second kappa shape index (κ2) is 8.58. The summed E-state index contributed by atoms with van der Waals surface area (Å²) in [6.45, 7) is 1.19. The third-order valence-corrected chi connectivity index (χ3v) is 6.45. The minimum Gasteiger partial charge on any atom is -0.464 e. The van der Waals surface area contributed by atoms with Crippen LogP contribution in [0.4, 0.5) is 8.78 Å². The number of fused-ring (bicyclic) bond motifs is 2. The number of rotatable bonds is 5. The molecule has 1 aliphatic rings. The van der Waals surface area contributed by atoms with E-state index in [1.165, 1.54) is 6.20 Å². The number of hydrogen-bond acceptors (Lipinski definition) is 5. The van der Waals surface area contributed by atoms with Crippen LogP contribution in [0.3, 0.4) is 0 Å². The van der Waals surface area contributed by atoms with Crippen LogP contribution in [0.2, 0.25) is 0 Å². The van der Waals surface area contributed by atoms with E-state index in [4.69, 9.17) is 9.68 Å². The van der Waals surface area contributed by atoms with Crippen LogP contribution in [-0.2, 0) is 4.79 Å². The van der Waals surface area contributed by atoms with Gasteiger partial charge in [0, 0.05) is 41.8 Å². The van der Waals surface area contributed by atoms with Crippen molar-refractivity contribution in [2.24, 2.45) is 0 Å². The van der Waals surface area contributed by atoms with Gasteiger partial charge in [0.15, 0.2) is 5.78 Å². The zero-order valence-electron chi connectivity index (χ0n) is 18.9. The molecule has 6 nitrogen and oxygen atoms in total. The van der Waals surface area contributed by atoms with E-state index in [1.54, 1.807) is 18.4 Å². The lowest BCUT2D eigenvalue weighted by atomic mass is 9.97. The summed E-state index contributed by atoms with van der Waals surface area (Å²) in [5.41, 5.74) is 4.65. The lowest BCUT2D eigenvalue weighted by Crippen LogP contribution is -2.36. The fourth-order valence-electron chi connectivity index (χ4n) is 4.60. The number of aromatic nitrogens is 1. The molecule has 1 aliphatic heterocycles. The summed E-state index contributed by atoms with van der Waals surface area (Å²) >= 11 is 0. The van der Waals surface area contributed by atoms with Gasteiger partial charge in [-0.2, -0.15) is 5.26 Å². The third kappa shape index (κ3) is 4.26. The molecule has 4 aromatic rings. The predicted octanol–water partition coefficient (Wildman–Crippen LogP) is 5.68. The number of benzene rings is 2. The largest absolute Gasteiger partial charge is 0.464 e. The first-order chi connectivity index (χ1) is 16.8. The van der Waals surface area contributed by atoms with Gasteiger partial charge >= 0.3 is 0 Å². The number of nitrogens with zero attached hydrogens (tertiary/aromatic N) is 3. The van der Waals surface area contributed by atoms with E-state index in [2.05, 4.69) is 4.98 Å². The maximum absolute atomic E-state index is 13.7. The van der Waals surface area contributed by atoms with Crippen molar-refractivity contribution in [1.82, 2.24) is 9.88 Å². The average molecular weight is 473 g/mol. The number of ketones is 1. The van der Waals surface area contributed by atoms with Crippen molar-refractivity contribution < 1.29 is 22.8 Å². The van der Waals surface area contributed by atoms with Crippen LogP contribution in [0, 0.1) is 18.3 Å². The second-order valence-electron chi connectivity index (χ2n) is 8.87. The number of carbonyl (C=O) groups is 2. The molecule has 0 spiro atoms. The van der Waals surface area contributed by atoms with E-state index in [0.29, 0.717) is 16.5 Å². The number of hydrogen-bond donors (Lipinski definition) is 0. The maximum Gasteiger partial charge on any atom is 0.268 e. The number of aryl methyl sites for hydroxylation is 1. The summed E-state index contributed by atoms with van der Waals surface area (Å²) in [4.78, 5) is 30.8. The molecule has 35 heavy (non-hydrogen) atoms. The lowest BCUT2D eigenvalue weighted by Gasteiger charge is -2.18. The van der Waals surface area contributed by atoms with E-state index in [1.807, 2.05) is 43.3 Å². The van der Waals surface area contributed by atoms with Gasteiger partial charge in [-0.05, 0) is 47.9 Å². The second-order valence-corrected chi connectivity index (χ2v) is 8.87. The smallest absolute Gasteiger partial charge is 0.268 e. The van der Waals surface area contributed by atoms with Crippen molar-refractivity contribution in [3.05, 3.63) is 66.1 Å². The highest BCUT2D eigenvalue weighted by Gasteiger charge is 2.47. The molecular formula is C27H21F2N3O3. The van der Waals surface area contributed by atoms with Crippen molar-refractivity contribution in [2.45, 2.75) is 38.2 Å². The van der Waals surface area contributed by atoms with Gasteiger partial charge in [-0.15, -0.1) is 0 Å². The predicted molar refractivity (Wildman–Crippen MR) is 126 cm³/mol. The summed E-state index contributed by atoms with van der Waals surface area (Å²) in [5.74, 6) is -4.00. The van der Waals surface area contributed by atoms with E-state index >= 15 is 0 Å². The van der Waals surface area contributed by atoms with E-state index in [9.17, 15) is 18.4 Å². The van der Waals surface area contributed by atoms with Crippen LogP contribution in [0.15, 0.2) is 59.3 Å². The number of amides is 1. The molecule has 176 valence electrons. The highest BCUT2D eigenvalue weighted by atomic mass is 19.3. The van der Waals surface area contributed by atoms with Crippen molar-refractivity contribution >= 4 is 33.6 Å². The molecule has 2 aromatic heterocycles. The Bertz CT molecular complexity index is 1520. The van der Waals surface area contributed by atoms with Gasteiger partial charge in [-0.1, -0.05) is 18.2 Å². The van der Waals surface area contributed by atoms with Crippen LogP contribution in [0.1, 0.15) is 35.2 Å². The molecule has 0 saturated carbocycles. The van der Waals surface area contributed by atoms with E-state index < -0.39 is 30.8 Å². The number of carbonyl (C=O) groups excluding carboxylic acids is 2. The molecule has 5 rings (SSSR count). The summed E-state index contributed by atoms with van der Waals surface area (Å²) in [5, 5.41) is 10.8. The van der Waals surface area contributed by atoms with Crippen LogP contribution < -0.4 is 0 Å². The number of likely N-dealkylation sites (tertiary alicyclic amines) is 1. The first kappa shape index (κ1) is 22.7. The first-order valence-corrected chi connectivity index (χ1v) is 11.2. The molecule has 8 heteroatoms. The van der Waals surface area contributed by atoms with Crippen LogP contribution in [-0.4, -0.2) is 40.1 Å². The number of nitriles is 1. The monoisotopic (exact) mass is 473 g/mol. The molecule has 0 aliphatic carbocycles. The standard InChI is InChI=1S/C27H21F2N3O3/c1-16-14-35-25-11-18(2-4-20(16)25)17-3-5-23-22(10-17)21(8-9-31-23)24(33)6-7-26(34)32-15-27(28,29)12-19(32)13-30/h2-5,8-11,14,19H,6-7,12,15H2,1H3/t19-/m0/s1. The van der Waals surface area contributed by atoms with Crippen molar-refractivity contribution in [1.29, 1.82) is 5.26 Å². The van der Waals surface area contributed by atoms with Gasteiger partial charge in [0.25, 0.3) is 5.92 Å². The molecular weight excluding hydrogens is 452 g/mol. The molecule has 0 radical (unpaired) electrons.